The SMILES string of the molecule is C=CC(=O)N(CC(C)CNC)C(=N)/C(=C\NC)NC(=O)C1=COC(c2ccnc(/C(C)=C\CC(F)(F)F)c2)N1. The molecule has 2 heterocycles. The number of hydrogen-bond acceptors (Lipinski definition) is 8. The van der Waals surface area contributed by atoms with Gasteiger partial charge in [-0.25, -0.2) is 0 Å². The number of amidine groups is 1. The fourth-order valence-corrected chi connectivity index (χ4v) is 3.59. The molecule has 0 saturated heterocycles. The van der Waals surface area contributed by atoms with Gasteiger partial charge >= 0.3 is 6.18 Å². The van der Waals surface area contributed by atoms with Crippen LogP contribution in [0.3, 0.4) is 0 Å². The minimum absolute atomic E-state index is 0.0105. The standard InChI is InChI=1S/C26H34F3N7O3/c1-6-22(37)36(14-16(2)12-31-4)23(30)20(13-32-5)34-24(38)21-15-39-25(35-21)18-8-10-33-19(11-18)17(3)7-9-26(27,28)29/h6-8,10-11,13,15-16,25,30-32,35H,1,9,12,14H2,2-5H3,(H,34,38)/b17-7-,20-13+,30-23?. The van der Waals surface area contributed by atoms with Crippen LogP contribution < -0.4 is 21.3 Å². The number of hydrogen-bond donors (Lipinski definition) is 5. The van der Waals surface area contributed by atoms with E-state index in [1.807, 2.05) is 6.92 Å². The van der Waals surface area contributed by atoms with Crippen molar-refractivity contribution in [3.63, 3.8) is 0 Å². The summed E-state index contributed by atoms with van der Waals surface area (Å²) in [6.07, 6.45) is -0.0113. The zero-order valence-corrected chi connectivity index (χ0v) is 22.3. The van der Waals surface area contributed by atoms with Crippen molar-refractivity contribution in [3.8, 4) is 0 Å². The van der Waals surface area contributed by atoms with Gasteiger partial charge in [-0.05, 0) is 50.2 Å². The first-order valence-corrected chi connectivity index (χ1v) is 12.1. The second kappa shape index (κ2) is 14.1. The van der Waals surface area contributed by atoms with E-state index in [2.05, 4.69) is 32.8 Å². The van der Waals surface area contributed by atoms with E-state index in [0.717, 1.165) is 12.2 Å². The maximum Gasteiger partial charge on any atom is 0.392 e. The van der Waals surface area contributed by atoms with Crippen molar-refractivity contribution in [2.24, 2.45) is 5.92 Å². The summed E-state index contributed by atoms with van der Waals surface area (Å²) in [5.74, 6) is -1.35. The summed E-state index contributed by atoms with van der Waals surface area (Å²) >= 11 is 0. The van der Waals surface area contributed by atoms with Gasteiger partial charge in [-0.2, -0.15) is 13.2 Å². The molecule has 10 nitrogen and oxygen atoms in total. The number of halogens is 3. The second-order valence-corrected chi connectivity index (χ2v) is 8.84. The topological polar surface area (TPSA) is 131 Å². The van der Waals surface area contributed by atoms with Crippen LogP contribution in [0.2, 0.25) is 0 Å². The van der Waals surface area contributed by atoms with Gasteiger partial charge in [0.15, 0.2) is 12.1 Å². The fraction of sp³-hybridized carbons (Fsp3) is 0.385. The largest absolute Gasteiger partial charge is 0.472 e. The van der Waals surface area contributed by atoms with Crippen LogP contribution in [-0.4, -0.2) is 60.9 Å². The van der Waals surface area contributed by atoms with Crippen molar-refractivity contribution < 1.29 is 27.5 Å². The normalized spacial score (nSPS) is 16.4. The highest BCUT2D eigenvalue weighted by atomic mass is 19.4. The fourth-order valence-electron chi connectivity index (χ4n) is 3.59. The number of carbonyl (C=O) groups excluding carboxylic acids is 2. The Morgan fingerprint density at radius 3 is 2.69 bits per heavy atom. The van der Waals surface area contributed by atoms with Crippen LogP contribution in [0.15, 0.2) is 60.9 Å². The maximum atomic E-state index is 13.0. The first kappa shape index (κ1) is 31.1. The molecule has 13 heteroatoms. The Balaban J connectivity index is 2.13. The number of rotatable bonds is 12. The van der Waals surface area contributed by atoms with E-state index in [4.69, 9.17) is 10.1 Å². The maximum absolute atomic E-state index is 13.0. The average Bonchev–Trinajstić information content (AvgIpc) is 3.40. The highest BCUT2D eigenvalue weighted by molar-refractivity contribution is 6.11. The van der Waals surface area contributed by atoms with Crippen LogP contribution in [0.1, 0.15) is 37.8 Å². The van der Waals surface area contributed by atoms with Crippen molar-refractivity contribution >= 4 is 23.2 Å². The van der Waals surface area contributed by atoms with Gasteiger partial charge in [0.05, 0.1) is 17.8 Å². The van der Waals surface area contributed by atoms with E-state index >= 15 is 0 Å². The van der Waals surface area contributed by atoms with E-state index in [1.54, 1.807) is 26.2 Å². The third-order valence-electron chi connectivity index (χ3n) is 5.53. The summed E-state index contributed by atoms with van der Waals surface area (Å²) in [6, 6.07) is 3.18. The van der Waals surface area contributed by atoms with E-state index in [9.17, 15) is 22.8 Å². The lowest BCUT2D eigenvalue weighted by Crippen LogP contribution is -2.45. The molecule has 1 aromatic heterocycles. The smallest absolute Gasteiger partial charge is 0.392 e. The molecule has 2 atom stereocenters. The van der Waals surface area contributed by atoms with Crippen molar-refractivity contribution in [2.45, 2.75) is 32.7 Å². The van der Waals surface area contributed by atoms with Crippen LogP contribution in [0.4, 0.5) is 13.2 Å². The number of nitrogens with zero attached hydrogens (tertiary/aromatic N) is 2. The van der Waals surface area contributed by atoms with Gasteiger partial charge in [0.2, 0.25) is 0 Å². The van der Waals surface area contributed by atoms with E-state index in [0.29, 0.717) is 23.4 Å². The van der Waals surface area contributed by atoms with Crippen LogP contribution in [0.5, 0.6) is 0 Å². The molecule has 0 bridgehead atoms. The van der Waals surface area contributed by atoms with E-state index < -0.39 is 30.6 Å². The first-order valence-electron chi connectivity index (χ1n) is 12.1. The molecule has 0 aliphatic carbocycles. The summed E-state index contributed by atoms with van der Waals surface area (Å²) in [6.45, 7) is 7.77. The lowest BCUT2D eigenvalue weighted by atomic mass is 10.1. The molecule has 2 unspecified atom stereocenters. The molecule has 1 aliphatic heterocycles. The molecule has 0 saturated carbocycles. The molecule has 2 rings (SSSR count). The molecule has 0 fully saturated rings. The molecule has 0 aromatic carbocycles. The molecular weight excluding hydrogens is 515 g/mol. The molecular formula is C26H34F3N7O3. The summed E-state index contributed by atoms with van der Waals surface area (Å²) < 4.78 is 43.3. The lowest BCUT2D eigenvalue weighted by molar-refractivity contribution is -0.125. The minimum atomic E-state index is -4.32. The zero-order valence-electron chi connectivity index (χ0n) is 22.3. The van der Waals surface area contributed by atoms with E-state index in [1.165, 1.54) is 30.5 Å². The Morgan fingerprint density at radius 2 is 2.08 bits per heavy atom. The van der Waals surface area contributed by atoms with Gasteiger partial charge < -0.3 is 26.0 Å². The monoisotopic (exact) mass is 549 g/mol. The van der Waals surface area contributed by atoms with Crippen molar-refractivity contribution in [3.05, 3.63) is 72.2 Å². The van der Waals surface area contributed by atoms with Crippen LogP contribution in [0, 0.1) is 11.3 Å². The molecule has 2 amide bonds. The third-order valence-corrected chi connectivity index (χ3v) is 5.53. The molecule has 5 N–H and O–H groups in total. The van der Waals surface area contributed by atoms with Gasteiger partial charge in [0.1, 0.15) is 12.0 Å². The van der Waals surface area contributed by atoms with Gasteiger partial charge in [-0.1, -0.05) is 19.6 Å². The zero-order chi connectivity index (χ0) is 29.2. The molecule has 0 spiro atoms. The summed E-state index contributed by atoms with van der Waals surface area (Å²) in [5, 5.41) is 19.9. The van der Waals surface area contributed by atoms with Crippen molar-refractivity contribution in [1.82, 2.24) is 31.2 Å². The van der Waals surface area contributed by atoms with Crippen LogP contribution >= 0.6 is 0 Å². The molecule has 1 aliphatic rings. The lowest BCUT2D eigenvalue weighted by Gasteiger charge is -2.26. The number of amides is 2. The predicted molar refractivity (Wildman–Crippen MR) is 142 cm³/mol. The number of nitrogens with one attached hydrogen (secondary N) is 5. The number of carbonyl (C=O) groups is 2. The molecule has 39 heavy (non-hydrogen) atoms. The van der Waals surface area contributed by atoms with Crippen molar-refractivity contribution in [2.75, 3.05) is 27.2 Å². The first-order chi connectivity index (χ1) is 18.4. The Kier molecular flexibility index (Phi) is 11.3. The van der Waals surface area contributed by atoms with Gasteiger partial charge in [0.25, 0.3) is 11.8 Å². The molecule has 1 aromatic rings. The van der Waals surface area contributed by atoms with Crippen LogP contribution in [-0.2, 0) is 14.3 Å². The number of allylic oxidation sites excluding steroid dienone is 2. The van der Waals surface area contributed by atoms with Gasteiger partial charge in [-0.15, -0.1) is 0 Å². The Labute approximate surface area is 225 Å². The number of pyridine rings is 1. The van der Waals surface area contributed by atoms with E-state index in [-0.39, 0.29) is 29.7 Å². The van der Waals surface area contributed by atoms with Crippen LogP contribution in [0.25, 0.3) is 5.57 Å². The Hall–Kier alpha value is -4.13. The Morgan fingerprint density at radius 1 is 1.36 bits per heavy atom. The van der Waals surface area contributed by atoms with Gasteiger partial charge in [0, 0.05) is 31.6 Å². The summed E-state index contributed by atoms with van der Waals surface area (Å²) in [7, 11) is 3.37. The van der Waals surface area contributed by atoms with Gasteiger partial charge in [-0.3, -0.25) is 24.9 Å². The quantitative estimate of drug-likeness (QED) is 0.154. The second-order valence-electron chi connectivity index (χ2n) is 8.84. The molecule has 0 radical (unpaired) electrons. The van der Waals surface area contributed by atoms with Crippen molar-refractivity contribution in [1.29, 1.82) is 5.41 Å². The molecule has 212 valence electrons. The highest BCUT2D eigenvalue weighted by Gasteiger charge is 2.28. The Bertz CT molecular complexity index is 1160. The summed E-state index contributed by atoms with van der Waals surface area (Å²) in [4.78, 5) is 30.8. The minimum Gasteiger partial charge on any atom is -0.472 e. The highest BCUT2D eigenvalue weighted by Crippen LogP contribution is 2.26. The number of ether oxygens (including phenoxy) is 1. The average molecular weight is 550 g/mol. The predicted octanol–water partition coefficient (Wildman–Crippen LogP) is 2.92. The summed E-state index contributed by atoms with van der Waals surface area (Å²) in [5.41, 5.74) is 1.31. The number of alkyl halides is 3. The number of aromatic nitrogens is 1. The third kappa shape index (κ3) is 9.28.